The van der Waals surface area contributed by atoms with Crippen LogP contribution in [0.4, 0.5) is 0 Å². The highest BCUT2D eigenvalue weighted by Crippen LogP contribution is 2.36. The molecule has 0 saturated heterocycles. The number of ketones is 1. The van der Waals surface area contributed by atoms with Crippen molar-refractivity contribution in [2.45, 2.75) is 51.9 Å². The molecule has 0 saturated carbocycles. The zero-order valence-corrected chi connectivity index (χ0v) is 29.8. The average Bonchev–Trinajstić information content (AvgIpc) is 3.86. The van der Waals surface area contributed by atoms with Gasteiger partial charge in [0.15, 0.2) is 5.78 Å². The number of ether oxygens (including phenoxy) is 1. The van der Waals surface area contributed by atoms with Gasteiger partial charge in [-0.15, -0.1) is 0 Å². The van der Waals surface area contributed by atoms with E-state index in [0.717, 1.165) is 61.8 Å². The number of benzene rings is 2. The fraction of sp³-hybridized carbons (Fsp3) is 0.220. The number of hydrogen-bond acceptors (Lipinski definition) is 5. The molecule has 3 aromatic heterocycles. The second kappa shape index (κ2) is 12.3. The number of nitrogens with one attached hydrogen (secondary N) is 2. The molecule has 2 N–H and O–H groups in total. The zero-order valence-electron chi connectivity index (χ0n) is 28.8. The average molecular weight is 665 g/mol. The summed E-state index contributed by atoms with van der Waals surface area (Å²) in [4.78, 5) is 43.6. The van der Waals surface area contributed by atoms with Crippen LogP contribution in [0, 0.1) is 6.92 Å². The predicted octanol–water partition coefficient (Wildman–Crippen LogP) is 9.78. The number of nitrogens with zero attached hydrogens (tertiary/aromatic N) is 2. The van der Waals surface area contributed by atoms with Gasteiger partial charge in [-0.1, -0.05) is 61.6 Å². The number of esters is 1. The van der Waals surface area contributed by atoms with Gasteiger partial charge in [0, 0.05) is 41.3 Å². The van der Waals surface area contributed by atoms with Crippen LogP contribution in [0.25, 0.3) is 56.5 Å². The quantitative estimate of drug-likeness (QED) is 0.136. The molecular weight excluding hydrogens is 625 g/mol. The monoisotopic (exact) mass is 664 g/mol. The first-order valence-electron chi connectivity index (χ1n) is 16.7. The Morgan fingerprint density at radius 2 is 1.31 bits per heavy atom. The second-order valence-corrected chi connectivity index (χ2v) is 20.3. The number of aryl methyl sites for hydroxylation is 1. The molecule has 0 atom stereocenters. The summed E-state index contributed by atoms with van der Waals surface area (Å²) in [6.45, 7) is 13.1. The van der Waals surface area contributed by atoms with Crippen LogP contribution in [0.3, 0.4) is 0 Å². The Bertz CT molecular complexity index is 2300. The number of fused-ring (bicyclic) bond motifs is 8. The summed E-state index contributed by atoms with van der Waals surface area (Å²) in [6.07, 6.45) is 4.08. The first-order valence-corrected chi connectivity index (χ1v) is 20.4. The molecule has 0 aliphatic carbocycles. The van der Waals surface area contributed by atoms with E-state index in [4.69, 9.17) is 14.7 Å². The number of H-pyrrole nitrogens is 2. The highest BCUT2D eigenvalue weighted by atomic mass is 28.3. The van der Waals surface area contributed by atoms with E-state index in [1.807, 2.05) is 74.5 Å². The molecule has 7 nitrogen and oxygen atoms in total. The van der Waals surface area contributed by atoms with Crippen molar-refractivity contribution in [1.29, 1.82) is 0 Å². The fourth-order valence-corrected chi connectivity index (χ4v) is 6.91. The minimum absolute atomic E-state index is 0.0312. The first kappa shape index (κ1) is 32.2. The van der Waals surface area contributed by atoms with Crippen LogP contribution < -0.4 is 0 Å². The van der Waals surface area contributed by atoms with Crippen molar-refractivity contribution in [3.8, 4) is 22.3 Å². The summed E-state index contributed by atoms with van der Waals surface area (Å²) >= 11 is 0. The van der Waals surface area contributed by atoms with Gasteiger partial charge in [0.2, 0.25) is 0 Å². The molecule has 0 unspecified atom stereocenters. The number of carbonyl (C=O) groups excluding carboxylic acids is 2. The van der Waals surface area contributed by atoms with Crippen molar-refractivity contribution >= 4 is 54.0 Å². The van der Waals surface area contributed by atoms with Crippen LogP contribution in [-0.2, 0) is 10.2 Å². The Kier molecular flexibility index (Phi) is 8.07. The smallest absolute Gasteiger partial charge is 0.338 e. The molecule has 0 spiro atoms. The van der Waals surface area contributed by atoms with Crippen LogP contribution >= 0.6 is 0 Å². The predicted molar refractivity (Wildman–Crippen MR) is 201 cm³/mol. The van der Waals surface area contributed by atoms with E-state index < -0.39 is 13.5 Å². The summed E-state index contributed by atoms with van der Waals surface area (Å²) in [5.74, 6) is -0.351. The zero-order chi connectivity index (χ0) is 34.5. The van der Waals surface area contributed by atoms with Crippen LogP contribution in [0.15, 0.2) is 84.9 Å². The van der Waals surface area contributed by atoms with Gasteiger partial charge in [-0.25, -0.2) is 14.8 Å². The van der Waals surface area contributed by atoms with Crippen LogP contribution in [0.5, 0.6) is 0 Å². The third kappa shape index (κ3) is 6.44. The lowest BCUT2D eigenvalue weighted by Gasteiger charge is -2.15. The van der Waals surface area contributed by atoms with Crippen molar-refractivity contribution in [3.05, 3.63) is 119 Å². The largest absolute Gasteiger partial charge is 0.462 e. The molecule has 8 heteroatoms. The Morgan fingerprint density at radius 3 is 1.88 bits per heavy atom. The number of carbonyl (C=O) groups is 2. The van der Waals surface area contributed by atoms with E-state index in [2.05, 4.69) is 72.9 Å². The van der Waals surface area contributed by atoms with E-state index in [1.165, 1.54) is 5.56 Å². The highest BCUT2D eigenvalue weighted by molar-refractivity contribution is 6.76. The molecule has 2 aliphatic heterocycles. The maximum Gasteiger partial charge on any atom is 0.338 e. The van der Waals surface area contributed by atoms with E-state index in [0.29, 0.717) is 23.6 Å². The normalized spacial score (nSPS) is 13.9. The standard InChI is InChI=1S/C41H40N4O3Si/c1-25-7-9-26(10-8-25)37-32-18-16-30(43-32)24-36-41(2,3)39(46)35(45-36)23-29-15-17-31(42-29)38(34-20-19-33(37)44-34)27-11-13-28(14-12-27)40(47)48-21-22-49(4,5)6/h7-20,23-24,42-43H,21-22H2,1-6H3. The lowest BCUT2D eigenvalue weighted by Crippen LogP contribution is -2.23. The third-order valence-corrected chi connectivity index (χ3v) is 10.9. The lowest BCUT2D eigenvalue weighted by molar-refractivity contribution is 0.0525. The third-order valence-electron chi connectivity index (χ3n) is 9.21. The summed E-state index contributed by atoms with van der Waals surface area (Å²) in [7, 11) is -1.32. The molecule has 7 rings (SSSR count). The molecule has 2 aliphatic rings. The molecule has 0 fully saturated rings. The SMILES string of the molecule is Cc1ccc(-c2c3nc(c(-c4ccc(C(=O)OCC[Si](C)(C)C)cc4)c4ccc(cc5nc(cc6ccc2[nH]6)C(C)(C)C5=O)[nH]4)C=C3)cc1. The van der Waals surface area contributed by atoms with Crippen molar-refractivity contribution in [2.24, 2.45) is 0 Å². The number of aromatic amines is 2. The van der Waals surface area contributed by atoms with Gasteiger partial charge in [-0.3, -0.25) is 4.79 Å². The van der Waals surface area contributed by atoms with Gasteiger partial charge in [0.05, 0.1) is 34.7 Å². The molecule has 8 bridgehead atoms. The number of aromatic nitrogens is 4. The molecule has 2 aromatic carbocycles. The molecule has 246 valence electrons. The highest BCUT2D eigenvalue weighted by Gasteiger charge is 2.37. The maximum atomic E-state index is 13.6. The van der Waals surface area contributed by atoms with E-state index >= 15 is 0 Å². The summed E-state index contributed by atoms with van der Waals surface area (Å²) in [6, 6.07) is 28.6. The van der Waals surface area contributed by atoms with Crippen LogP contribution in [0.2, 0.25) is 25.7 Å². The molecule has 0 radical (unpaired) electrons. The van der Waals surface area contributed by atoms with Gasteiger partial charge in [0.1, 0.15) is 5.69 Å². The van der Waals surface area contributed by atoms with E-state index in [-0.39, 0.29) is 11.8 Å². The Labute approximate surface area is 287 Å². The molecule has 5 aromatic rings. The Balaban J connectivity index is 1.46. The first-order chi connectivity index (χ1) is 23.4. The second-order valence-electron chi connectivity index (χ2n) is 14.6. The minimum atomic E-state index is -1.32. The molecular formula is C41H40N4O3Si. The van der Waals surface area contributed by atoms with E-state index in [1.54, 1.807) is 0 Å². The van der Waals surface area contributed by atoms with Gasteiger partial charge in [-0.05, 0) is 98.6 Å². The lowest BCUT2D eigenvalue weighted by atomic mass is 9.85. The number of Topliss-reactive ketones (excluding diaryl/α,β-unsaturated/α-hetero) is 1. The summed E-state index contributed by atoms with van der Waals surface area (Å²) in [5, 5.41) is 0. The number of hydrogen-bond donors (Lipinski definition) is 2. The minimum Gasteiger partial charge on any atom is -0.462 e. The Hall–Kier alpha value is -5.34. The van der Waals surface area contributed by atoms with Crippen molar-refractivity contribution < 1.29 is 14.3 Å². The molecule has 0 amide bonds. The molecule has 5 heterocycles. The van der Waals surface area contributed by atoms with Gasteiger partial charge >= 0.3 is 5.97 Å². The van der Waals surface area contributed by atoms with Crippen LogP contribution in [-0.4, -0.2) is 46.4 Å². The van der Waals surface area contributed by atoms with Crippen LogP contribution in [0.1, 0.15) is 57.3 Å². The van der Waals surface area contributed by atoms with Gasteiger partial charge in [0.25, 0.3) is 0 Å². The van der Waals surface area contributed by atoms with Gasteiger partial charge in [-0.2, -0.15) is 0 Å². The van der Waals surface area contributed by atoms with Crippen molar-refractivity contribution in [2.75, 3.05) is 6.61 Å². The summed E-state index contributed by atoms with van der Waals surface area (Å²) in [5.41, 5.74) is 10.7. The van der Waals surface area contributed by atoms with Crippen molar-refractivity contribution in [1.82, 2.24) is 19.9 Å². The van der Waals surface area contributed by atoms with Crippen molar-refractivity contribution in [3.63, 3.8) is 0 Å². The summed E-state index contributed by atoms with van der Waals surface area (Å²) < 4.78 is 5.61. The topological polar surface area (TPSA) is 101 Å². The fourth-order valence-electron chi connectivity index (χ4n) is 6.20. The van der Waals surface area contributed by atoms with E-state index in [9.17, 15) is 9.59 Å². The number of rotatable bonds is 6. The molecule has 49 heavy (non-hydrogen) atoms. The van der Waals surface area contributed by atoms with Gasteiger partial charge < -0.3 is 14.7 Å². The Morgan fingerprint density at radius 1 is 0.755 bits per heavy atom. The maximum absolute atomic E-state index is 13.6.